The van der Waals surface area contributed by atoms with Crippen LogP contribution in [0.2, 0.25) is 0 Å². The quantitative estimate of drug-likeness (QED) is 0.843. The molecule has 0 aliphatic carbocycles. The summed E-state index contributed by atoms with van der Waals surface area (Å²) in [6, 6.07) is 12.3. The van der Waals surface area contributed by atoms with Crippen LogP contribution in [-0.2, 0) is 13.1 Å². The molecule has 0 fully saturated rings. The van der Waals surface area contributed by atoms with Crippen LogP contribution in [0.3, 0.4) is 0 Å². The summed E-state index contributed by atoms with van der Waals surface area (Å²) in [6.45, 7) is 3.43. The van der Waals surface area contributed by atoms with Gasteiger partial charge in [-0.2, -0.15) is 0 Å². The Morgan fingerprint density at radius 3 is 2.47 bits per heavy atom. The normalized spacial score (nSPS) is 10.2. The monoisotopic (exact) mass is 227 g/mol. The van der Waals surface area contributed by atoms with Crippen molar-refractivity contribution in [3.63, 3.8) is 0 Å². The summed E-state index contributed by atoms with van der Waals surface area (Å²) < 4.78 is 0. The first kappa shape index (κ1) is 11.6. The molecule has 88 valence electrons. The van der Waals surface area contributed by atoms with Crippen molar-refractivity contribution in [3.05, 3.63) is 59.3 Å². The summed E-state index contributed by atoms with van der Waals surface area (Å²) >= 11 is 0. The van der Waals surface area contributed by atoms with Crippen LogP contribution in [0, 0.1) is 6.92 Å². The van der Waals surface area contributed by atoms with Crippen molar-refractivity contribution in [1.29, 1.82) is 0 Å². The van der Waals surface area contributed by atoms with Crippen LogP contribution in [0.4, 0.5) is 5.82 Å². The van der Waals surface area contributed by atoms with Gasteiger partial charge in [-0.1, -0.05) is 24.3 Å². The van der Waals surface area contributed by atoms with Crippen molar-refractivity contribution in [2.75, 3.05) is 5.32 Å². The molecule has 3 heteroatoms. The van der Waals surface area contributed by atoms with E-state index in [4.69, 9.17) is 5.73 Å². The predicted octanol–water partition coefficient (Wildman–Crippen LogP) is 2.46. The fourth-order valence-electron chi connectivity index (χ4n) is 1.62. The standard InChI is InChI=1S/C14H17N3/c1-11-6-7-16-14(8-11)17-10-13-4-2-12(9-15)3-5-13/h2-8H,9-10,15H2,1H3,(H,16,17). The van der Waals surface area contributed by atoms with Gasteiger partial charge in [-0.05, 0) is 35.7 Å². The number of rotatable bonds is 4. The molecule has 0 radical (unpaired) electrons. The lowest BCUT2D eigenvalue weighted by Crippen LogP contribution is -2.02. The third-order valence-electron chi connectivity index (χ3n) is 2.65. The van der Waals surface area contributed by atoms with Gasteiger partial charge in [-0.25, -0.2) is 4.98 Å². The molecule has 0 saturated heterocycles. The molecule has 3 nitrogen and oxygen atoms in total. The minimum atomic E-state index is 0.590. The molecule has 0 aliphatic rings. The fraction of sp³-hybridized carbons (Fsp3) is 0.214. The number of hydrogen-bond donors (Lipinski definition) is 2. The summed E-state index contributed by atoms with van der Waals surface area (Å²) in [5.74, 6) is 0.910. The summed E-state index contributed by atoms with van der Waals surface area (Å²) in [6.07, 6.45) is 1.81. The highest BCUT2D eigenvalue weighted by atomic mass is 15.0. The zero-order valence-electron chi connectivity index (χ0n) is 9.98. The fourth-order valence-corrected chi connectivity index (χ4v) is 1.62. The molecule has 1 aromatic heterocycles. The number of hydrogen-bond acceptors (Lipinski definition) is 3. The van der Waals surface area contributed by atoms with Crippen LogP contribution >= 0.6 is 0 Å². The summed E-state index contributed by atoms with van der Waals surface area (Å²) in [5, 5.41) is 3.30. The van der Waals surface area contributed by atoms with Gasteiger partial charge in [-0.3, -0.25) is 0 Å². The van der Waals surface area contributed by atoms with Crippen LogP contribution in [0.25, 0.3) is 0 Å². The molecule has 0 amide bonds. The highest BCUT2D eigenvalue weighted by molar-refractivity contribution is 5.38. The SMILES string of the molecule is Cc1ccnc(NCc2ccc(CN)cc2)c1. The first-order valence-corrected chi connectivity index (χ1v) is 5.72. The Bertz CT molecular complexity index is 477. The lowest BCUT2D eigenvalue weighted by atomic mass is 10.1. The highest BCUT2D eigenvalue weighted by Gasteiger charge is 1.96. The van der Waals surface area contributed by atoms with Gasteiger partial charge in [0.2, 0.25) is 0 Å². The Morgan fingerprint density at radius 2 is 1.82 bits per heavy atom. The van der Waals surface area contributed by atoms with Crippen molar-refractivity contribution >= 4 is 5.82 Å². The zero-order chi connectivity index (χ0) is 12.1. The van der Waals surface area contributed by atoms with E-state index in [-0.39, 0.29) is 0 Å². The molecule has 1 aromatic carbocycles. The Labute approximate surface area is 102 Å². The van der Waals surface area contributed by atoms with Gasteiger partial charge in [0.15, 0.2) is 0 Å². The van der Waals surface area contributed by atoms with E-state index in [2.05, 4.69) is 41.5 Å². The van der Waals surface area contributed by atoms with Crippen LogP contribution < -0.4 is 11.1 Å². The summed E-state index contributed by atoms with van der Waals surface area (Å²) in [5.41, 5.74) is 9.15. The molecule has 2 rings (SSSR count). The minimum Gasteiger partial charge on any atom is -0.366 e. The minimum absolute atomic E-state index is 0.590. The number of anilines is 1. The number of nitrogens with zero attached hydrogens (tertiary/aromatic N) is 1. The molecular weight excluding hydrogens is 210 g/mol. The number of aryl methyl sites for hydroxylation is 1. The molecular formula is C14H17N3. The van der Waals surface area contributed by atoms with E-state index >= 15 is 0 Å². The van der Waals surface area contributed by atoms with Gasteiger partial charge in [0, 0.05) is 19.3 Å². The average molecular weight is 227 g/mol. The number of pyridine rings is 1. The summed E-state index contributed by atoms with van der Waals surface area (Å²) in [7, 11) is 0. The van der Waals surface area contributed by atoms with Gasteiger partial charge in [0.1, 0.15) is 5.82 Å². The molecule has 17 heavy (non-hydrogen) atoms. The van der Waals surface area contributed by atoms with Gasteiger partial charge >= 0.3 is 0 Å². The van der Waals surface area contributed by atoms with Crippen molar-refractivity contribution in [2.45, 2.75) is 20.0 Å². The van der Waals surface area contributed by atoms with Crippen molar-refractivity contribution < 1.29 is 0 Å². The Hall–Kier alpha value is -1.87. The van der Waals surface area contributed by atoms with Crippen LogP contribution in [0.15, 0.2) is 42.6 Å². The maximum absolute atomic E-state index is 5.56. The molecule has 0 saturated carbocycles. The molecule has 1 heterocycles. The molecule has 0 atom stereocenters. The molecule has 3 N–H and O–H groups in total. The number of nitrogens with two attached hydrogens (primary N) is 1. The van der Waals surface area contributed by atoms with E-state index in [1.165, 1.54) is 11.1 Å². The third-order valence-corrected chi connectivity index (χ3v) is 2.65. The molecule has 0 bridgehead atoms. The van der Waals surface area contributed by atoms with E-state index < -0.39 is 0 Å². The number of nitrogens with one attached hydrogen (secondary N) is 1. The second kappa shape index (κ2) is 5.46. The van der Waals surface area contributed by atoms with E-state index in [0.29, 0.717) is 6.54 Å². The number of benzene rings is 1. The Kier molecular flexibility index (Phi) is 3.73. The molecule has 2 aromatic rings. The zero-order valence-corrected chi connectivity index (χ0v) is 9.98. The molecule has 0 aliphatic heterocycles. The Morgan fingerprint density at radius 1 is 1.12 bits per heavy atom. The van der Waals surface area contributed by atoms with Crippen molar-refractivity contribution in [2.24, 2.45) is 5.73 Å². The smallest absolute Gasteiger partial charge is 0.126 e. The second-order valence-electron chi connectivity index (χ2n) is 4.09. The van der Waals surface area contributed by atoms with Gasteiger partial charge in [0.05, 0.1) is 0 Å². The van der Waals surface area contributed by atoms with E-state index in [0.717, 1.165) is 17.9 Å². The van der Waals surface area contributed by atoms with E-state index in [1.54, 1.807) is 0 Å². The lowest BCUT2D eigenvalue weighted by molar-refractivity contribution is 1.05. The highest BCUT2D eigenvalue weighted by Crippen LogP contribution is 2.09. The summed E-state index contributed by atoms with van der Waals surface area (Å²) in [4.78, 5) is 4.26. The maximum Gasteiger partial charge on any atom is 0.126 e. The van der Waals surface area contributed by atoms with Gasteiger partial charge in [-0.15, -0.1) is 0 Å². The number of aromatic nitrogens is 1. The molecule has 0 spiro atoms. The topological polar surface area (TPSA) is 50.9 Å². The third kappa shape index (κ3) is 3.29. The van der Waals surface area contributed by atoms with Gasteiger partial charge < -0.3 is 11.1 Å². The predicted molar refractivity (Wildman–Crippen MR) is 70.6 cm³/mol. The largest absolute Gasteiger partial charge is 0.366 e. The van der Waals surface area contributed by atoms with E-state index in [9.17, 15) is 0 Å². The Balaban J connectivity index is 1.97. The second-order valence-corrected chi connectivity index (χ2v) is 4.09. The maximum atomic E-state index is 5.56. The first-order chi connectivity index (χ1) is 8.28. The van der Waals surface area contributed by atoms with Crippen molar-refractivity contribution in [1.82, 2.24) is 4.98 Å². The van der Waals surface area contributed by atoms with Crippen molar-refractivity contribution in [3.8, 4) is 0 Å². The lowest BCUT2D eigenvalue weighted by Gasteiger charge is -2.06. The van der Waals surface area contributed by atoms with Gasteiger partial charge in [0.25, 0.3) is 0 Å². The van der Waals surface area contributed by atoms with Crippen LogP contribution in [-0.4, -0.2) is 4.98 Å². The van der Waals surface area contributed by atoms with E-state index in [1.807, 2.05) is 18.3 Å². The van der Waals surface area contributed by atoms with Crippen LogP contribution in [0.1, 0.15) is 16.7 Å². The van der Waals surface area contributed by atoms with Crippen LogP contribution in [0.5, 0.6) is 0 Å². The molecule has 0 unspecified atom stereocenters. The first-order valence-electron chi connectivity index (χ1n) is 5.72. The average Bonchev–Trinajstić information content (AvgIpc) is 2.37.